The minimum atomic E-state index is -0.700. The van der Waals surface area contributed by atoms with Crippen molar-refractivity contribution < 1.29 is 19.0 Å². The Bertz CT molecular complexity index is 1860. The smallest absolute Gasteiger partial charge is 0.338 e. The second-order valence-corrected chi connectivity index (χ2v) is 12.5. The van der Waals surface area contributed by atoms with E-state index in [-0.39, 0.29) is 12.2 Å². The molecule has 0 saturated carbocycles. The highest BCUT2D eigenvalue weighted by atomic mass is 35.5. The van der Waals surface area contributed by atoms with Gasteiger partial charge in [-0.3, -0.25) is 9.36 Å². The maximum absolute atomic E-state index is 14.0. The summed E-state index contributed by atoms with van der Waals surface area (Å²) in [6.07, 6.45) is 7.89. The Morgan fingerprint density at radius 1 is 0.957 bits per heavy atom. The van der Waals surface area contributed by atoms with Crippen LogP contribution in [0.4, 0.5) is 0 Å². The fourth-order valence-corrected chi connectivity index (χ4v) is 6.61. The van der Waals surface area contributed by atoms with Crippen LogP contribution in [0.2, 0.25) is 5.02 Å². The van der Waals surface area contributed by atoms with Gasteiger partial charge >= 0.3 is 5.97 Å². The van der Waals surface area contributed by atoms with E-state index in [9.17, 15) is 9.59 Å². The lowest BCUT2D eigenvalue weighted by atomic mass is 9.96. The minimum absolute atomic E-state index is 0.209. The van der Waals surface area contributed by atoms with E-state index in [1.165, 1.54) is 42.6 Å². The van der Waals surface area contributed by atoms with Crippen LogP contribution in [-0.4, -0.2) is 30.4 Å². The number of unbranched alkanes of at least 4 members (excludes halogenated alkanes) is 3. The molecule has 0 unspecified atom stereocenters. The predicted octanol–water partition coefficient (Wildman–Crippen LogP) is 7.03. The van der Waals surface area contributed by atoms with Crippen LogP contribution in [-0.2, 0) is 16.0 Å². The van der Waals surface area contributed by atoms with Crippen molar-refractivity contribution in [2.45, 2.75) is 58.9 Å². The zero-order valence-electron chi connectivity index (χ0n) is 26.5. The van der Waals surface area contributed by atoms with Gasteiger partial charge in [0.05, 0.1) is 28.5 Å². The Morgan fingerprint density at radius 3 is 2.43 bits per heavy atom. The summed E-state index contributed by atoms with van der Waals surface area (Å²) in [5.41, 5.74) is 3.39. The number of esters is 1. The van der Waals surface area contributed by atoms with E-state index in [0.29, 0.717) is 44.6 Å². The molecule has 0 saturated heterocycles. The number of halogens is 1. The third-order valence-electron chi connectivity index (χ3n) is 7.76. The number of hydrogen-bond donors (Lipinski definition) is 0. The van der Waals surface area contributed by atoms with Crippen LogP contribution in [0.5, 0.6) is 11.5 Å². The topological polar surface area (TPSA) is 79.1 Å². The number of rotatable bonds is 14. The molecular formula is C37H39ClN2O5S. The zero-order valence-corrected chi connectivity index (χ0v) is 28.0. The van der Waals surface area contributed by atoms with Gasteiger partial charge in [0.25, 0.3) is 5.56 Å². The maximum Gasteiger partial charge on any atom is 0.338 e. The molecule has 46 heavy (non-hydrogen) atoms. The summed E-state index contributed by atoms with van der Waals surface area (Å²) in [6.45, 7) is 6.66. The number of ether oxygens (including phenoxy) is 3. The molecule has 0 fully saturated rings. The van der Waals surface area contributed by atoms with Gasteiger partial charge in [0.1, 0.15) is 24.7 Å². The molecule has 0 aliphatic carbocycles. The van der Waals surface area contributed by atoms with Crippen molar-refractivity contribution in [2.24, 2.45) is 4.99 Å². The number of para-hydroxylation sites is 1. The highest BCUT2D eigenvalue weighted by Crippen LogP contribution is 2.31. The number of hydrogen-bond acceptors (Lipinski definition) is 7. The predicted molar refractivity (Wildman–Crippen MR) is 184 cm³/mol. The van der Waals surface area contributed by atoms with Gasteiger partial charge in [0.15, 0.2) is 4.80 Å². The molecule has 5 rings (SSSR count). The molecule has 0 bridgehead atoms. The monoisotopic (exact) mass is 658 g/mol. The third kappa shape index (κ3) is 7.98. The Hall–Kier alpha value is -4.14. The van der Waals surface area contributed by atoms with Gasteiger partial charge in [0, 0.05) is 10.6 Å². The van der Waals surface area contributed by atoms with Crippen molar-refractivity contribution in [1.29, 1.82) is 0 Å². The highest BCUT2D eigenvalue weighted by molar-refractivity contribution is 7.07. The molecule has 4 aromatic rings. The van der Waals surface area contributed by atoms with Crippen LogP contribution >= 0.6 is 22.9 Å². The number of thiazole rings is 1. The first-order valence-corrected chi connectivity index (χ1v) is 17.0. The normalized spacial score (nSPS) is 14.5. The molecular weight excluding hydrogens is 620 g/mol. The van der Waals surface area contributed by atoms with Crippen LogP contribution in [0.3, 0.4) is 0 Å². The molecule has 9 heteroatoms. The highest BCUT2D eigenvalue weighted by Gasteiger charge is 2.33. The van der Waals surface area contributed by atoms with Crippen LogP contribution in [0.25, 0.3) is 6.08 Å². The van der Waals surface area contributed by atoms with Crippen LogP contribution in [0.1, 0.15) is 69.2 Å². The Morgan fingerprint density at radius 2 is 1.70 bits per heavy atom. The molecule has 7 nitrogen and oxygen atoms in total. The first-order valence-electron chi connectivity index (χ1n) is 15.8. The summed E-state index contributed by atoms with van der Waals surface area (Å²) < 4.78 is 19.4. The van der Waals surface area contributed by atoms with E-state index in [0.717, 1.165) is 23.3 Å². The molecule has 1 aliphatic rings. The van der Waals surface area contributed by atoms with Gasteiger partial charge in [-0.2, -0.15) is 0 Å². The second kappa shape index (κ2) is 15.9. The number of allylic oxidation sites excluding steroid dienone is 1. The molecule has 0 spiro atoms. The van der Waals surface area contributed by atoms with Crippen molar-refractivity contribution in [2.75, 3.05) is 19.8 Å². The van der Waals surface area contributed by atoms with E-state index in [4.69, 9.17) is 25.8 Å². The average Bonchev–Trinajstić information content (AvgIpc) is 3.36. The summed E-state index contributed by atoms with van der Waals surface area (Å²) in [7, 11) is 0. The summed E-state index contributed by atoms with van der Waals surface area (Å²) >= 11 is 7.43. The zero-order chi connectivity index (χ0) is 32.5. The van der Waals surface area contributed by atoms with Gasteiger partial charge in [-0.15, -0.1) is 0 Å². The Balaban J connectivity index is 1.34. The van der Waals surface area contributed by atoms with E-state index in [1.807, 2.05) is 54.6 Å². The molecule has 1 aliphatic heterocycles. The quantitative estimate of drug-likeness (QED) is 0.107. The van der Waals surface area contributed by atoms with Crippen LogP contribution < -0.4 is 24.4 Å². The van der Waals surface area contributed by atoms with Gasteiger partial charge in [-0.1, -0.05) is 91.6 Å². The SMILES string of the molecule is CCCCCCc1ccc(OCCOc2ccccc2/C=c2\sc3n(c2=O)[C@H](c2ccc(Cl)cc2)C(C(=O)OCC)=C(C)N=3)cc1. The fraction of sp³-hybridized carbons (Fsp3) is 0.324. The lowest BCUT2D eigenvalue weighted by molar-refractivity contribution is -0.139. The molecule has 1 aromatic heterocycles. The van der Waals surface area contributed by atoms with E-state index < -0.39 is 12.0 Å². The standard InChI is InChI=1S/C37H39ClN2O5S/c1-4-6-7-8-11-26-14-20-30(21-15-26)44-22-23-45-31-13-10-9-12-28(31)24-32-35(41)40-34(27-16-18-29(38)19-17-27)33(36(42)43-5-2)25(3)39-37(40)46-32/h9-10,12-21,24,34H,4-8,11,22-23H2,1-3H3/b32-24-/t34-/m1/s1. The van der Waals surface area contributed by atoms with Crippen molar-refractivity contribution in [1.82, 2.24) is 4.57 Å². The summed E-state index contributed by atoms with van der Waals surface area (Å²) in [5.74, 6) is 0.942. The minimum Gasteiger partial charge on any atom is -0.490 e. The van der Waals surface area contributed by atoms with Gasteiger partial charge < -0.3 is 14.2 Å². The van der Waals surface area contributed by atoms with Crippen LogP contribution in [0.15, 0.2) is 93.9 Å². The number of carbonyl (C=O) groups excluding carboxylic acids is 1. The molecule has 0 radical (unpaired) electrons. The summed E-state index contributed by atoms with van der Waals surface area (Å²) in [4.78, 5) is 32.2. The van der Waals surface area contributed by atoms with Crippen molar-refractivity contribution in [3.8, 4) is 11.5 Å². The van der Waals surface area contributed by atoms with Crippen LogP contribution in [0, 0.1) is 0 Å². The summed E-state index contributed by atoms with van der Waals surface area (Å²) in [5, 5.41) is 0.558. The van der Waals surface area contributed by atoms with Crippen molar-refractivity contribution >= 4 is 35.0 Å². The molecule has 1 atom stereocenters. The lowest BCUT2D eigenvalue weighted by Crippen LogP contribution is -2.39. The average molecular weight is 659 g/mol. The first-order chi connectivity index (χ1) is 22.4. The number of fused-ring (bicyclic) bond motifs is 1. The van der Waals surface area contributed by atoms with E-state index in [1.54, 1.807) is 30.5 Å². The number of benzene rings is 3. The third-order valence-corrected chi connectivity index (χ3v) is 9.00. The van der Waals surface area contributed by atoms with Gasteiger partial charge in [-0.25, -0.2) is 9.79 Å². The Labute approximate surface area is 278 Å². The van der Waals surface area contributed by atoms with Gasteiger partial charge in [-0.05, 0) is 74.2 Å². The van der Waals surface area contributed by atoms with Crippen molar-refractivity contribution in [3.05, 3.63) is 125 Å². The van der Waals surface area contributed by atoms with E-state index in [2.05, 4.69) is 24.0 Å². The van der Waals surface area contributed by atoms with Crippen molar-refractivity contribution in [3.63, 3.8) is 0 Å². The Kier molecular flexibility index (Phi) is 11.5. The lowest BCUT2D eigenvalue weighted by Gasteiger charge is -2.24. The van der Waals surface area contributed by atoms with Gasteiger partial charge in [0.2, 0.25) is 0 Å². The number of carbonyl (C=O) groups is 1. The second-order valence-electron chi connectivity index (χ2n) is 11.0. The molecule has 0 N–H and O–H groups in total. The molecule has 3 aromatic carbocycles. The molecule has 0 amide bonds. The first kappa shape index (κ1) is 33.2. The number of aromatic nitrogens is 1. The summed E-state index contributed by atoms with van der Waals surface area (Å²) in [6, 6.07) is 22.3. The molecule has 2 heterocycles. The number of aryl methyl sites for hydroxylation is 1. The van der Waals surface area contributed by atoms with E-state index >= 15 is 0 Å². The number of nitrogens with zero attached hydrogens (tertiary/aromatic N) is 2. The largest absolute Gasteiger partial charge is 0.490 e. The molecule has 240 valence electrons. The fourth-order valence-electron chi connectivity index (χ4n) is 5.44. The maximum atomic E-state index is 14.0.